The predicted octanol–water partition coefficient (Wildman–Crippen LogP) is 8.34. The van der Waals surface area contributed by atoms with Gasteiger partial charge < -0.3 is 14.2 Å². The molecular weight excluding hydrogens is 464 g/mol. The molecule has 0 spiro atoms. The van der Waals surface area contributed by atoms with Gasteiger partial charge in [0.2, 0.25) is 0 Å². The van der Waals surface area contributed by atoms with Crippen LogP contribution in [0.2, 0.25) is 0 Å². The van der Waals surface area contributed by atoms with Crippen molar-refractivity contribution in [3.8, 4) is 22.9 Å². The number of hydrogen-bond donors (Lipinski definition) is 0. The van der Waals surface area contributed by atoms with Gasteiger partial charge >= 0.3 is 5.97 Å². The Balaban J connectivity index is 1.58. The number of rotatable bonds is 22. The second-order valence-electron chi connectivity index (χ2n) is 9.69. The monoisotopic (exact) mass is 512 g/mol. The molecule has 0 aliphatic carbocycles. The van der Waals surface area contributed by atoms with Gasteiger partial charge in [-0.25, -0.2) is 9.97 Å². The number of carbonyl (C=O) groups is 1. The molecule has 2 aromatic rings. The molecule has 37 heavy (non-hydrogen) atoms. The molecule has 0 saturated carbocycles. The minimum Gasteiger partial charge on any atom is -0.490 e. The quantitative estimate of drug-likeness (QED) is 0.0897. The van der Waals surface area contributed by atoms with Crippen molar-refractivity contribution in [3.63, 3.8) is 0 Å². The molecule has 1 heterocycles. The highest BCUT2D eigenvalue weighted by Crippen LogP contribution is 2.21. The van der Waals surface area contributed by atoms with Crippen molar-refractivity contribution in [2.75, 3.05) is 19.8 Å². The zero-order chi connectivity index (χ0) is 26.4. The van der Waals surface area contributed by atoms with Crippen LogP contribution < -0.4 is 9.47 Å². The van der Waals surface area contributed by atoms with Crippen molar-refractivity contribution in [1.82, 2.24) is 9.97 Å². The summed E-state index contributed by atoms with van der Waals surface area (Å²) in [6, 6.07) is 7.33. The van der Waals surface area contributed by atoms with Crippen molar-refractivity contribution in [2.45, 2.75) is 110 Å². The van der Waals surface area contributed by atoms with Gasteiger partial charge in [0.05, 0.1) is 19.0 Å². The van der Waals surface area contributed by atoms with Crippen LogP contribution in [0.1, 0.15) is 110 Å². The van der Waals surface area contributed by atoms with E-state index in [1.54, 1.807) is 24.5 Å². The molecule has 0 amide bonds. The lowest BCUT2D eigenvalue weighted by Crippen LogP contribution is -2.07. The van der Waals surface area contributed by atoms with E-state index in [2.05, 4.69) is 23.8 Å². The van der Waals surface area contributed by atoms with E-state index in [-0.39, 0.29) is 5.97 Å². The van der Waals surface area contributed by atoms with Gasteiger partial charge in [0, 0.05) is 25.2 Å². The first-order valence-electron chi connectivity index (χ1n) is 14.6. The molecule has 0 unspecified atom stereocenters. The first-order valence-corrected chi connectivity index (χ1v) is 14.6. The SMILES string of the molecule is CCCCCCCCCCC(=O)Oc1ccc(-c2ncc(OCCCCOCCCCCC)cn2)cc1. The average molecular weight is 513 g/mol. The summed E-state index contributed by atoms with van der Waals surface area (Å²) < 4.78 is 16.9. The molecule has 1 aromatic heterocycles. The van der Waals surface area contributed by atoms with E-state index in [4.69, 9.17) is 14.2 Å². The molecule has 0 fully saturated rings. The van der Waals surface area contributed by atoms with Crippen LogP contribution in [-0.4, -0.2) is 35.8 Å². The molecule has 6 heteroatoms. The molecular formula is C31H48N2O4. The van der Waals surface area contributed by atoms with Crippen molar-refractivity contribution in [3.05, 3.63) is 36.7 Å². The number of benzene rings is 1. The van der Waals surface area contributed by atoms with E-state index in [0.717, 1.165) is 50.9 Å². The molecule has 1 aromatic carbocycles. The fourth-order valence-corrected chi connectivity index (χ4v) is 4.03. The smallest absolute Gasteiger partial charge is 0.311 e. The first kappa shape index (κ1) is 30.8. The van der Waals surface area contributed by atoms with Gasteiger partial charge in [-0.1, -0.05) is 78.1 Å². The van der Waals surface area contributed by atoms with Gasteiger partial charge in [-0.3, -0.25) is 4.79 Å². The fraction of sp³-hybridized carbons (Fsp3) is 0.645. The summed E-state index contributed by atoms with van der Waals surface area (Å²) in [5.41, 5.74) is 0.866. The van der Waals surface area contributed by atoms with Crippen molar-refractivity contribution in [2.24, 2.45) is 0 Å². The Kier molecular flexibility index (Phi) is 17.1. The van der Waals surface area contributed by atoms with Crippen LogP contribution in [0, 0.1) is 0 Å². The van der Waals surface area contributed by atoms with Crippen LogP contribution in [-0.2, 0) is 9.53 Å². The van der Waals surface area contributed by atoms with Gasteiger partial charge in [0.1, 0.15) is 5.75 Å². The fourth-order valence-electron chi connectivity index (χ4n) is 4.03. The Morgan fingerprint density at radius 3 is 1.84 bits per heavy atom. The number of aromatic nitrogens is 2. The Hall–Kier alpha value is -2.47. The number of nitrogens with zero attached hydrogens (tertiary/aromatic N) is 2. The van der Waals surface area contributed by atoms with Crippen molar-refractivity contribution < 1.29 is 19.0 Å². The lowest BCUT2D eigenvalue weighted by Gasteiger charge is -2.08. The Labute approximate surface area is 224 Å². The number of esters is 1. The van der Waals surface area contributed by atoms with E-state index in [9.17, 15) is 4.79 Å². The van der Waals surface area contributed by atoms with E-state index >= 15 is 0 Å². The summed E-state index contributed by atoms with van der Waals surface area (Å²) in [7, 11) is 0. The lowest BCUT2D eigenvalue weighted by atomic mass is 10.1. The van der Waals surface area contributed by atoms with E-state index in [1.165, 1.54) is 57.8 Å². The molecule has 0 aliphatic rings. The van der Waals surface area contributed by atoms with Crippen LogP contribution in [0.15, 0.2) is 36.7 Å². The molecule has 0 aliphatic heterocycles. The summed E-state index contributed by atoms with van der Waals surface area (Å²) in [4.78, 5) is 21.0. The number of unbranched alkanes of at least 4 members (excludes halogenated alkanes) is 11. The Morgan fingerprint density at radius 2 is 1.19 bits per heavy atom. The van der Waals surface area contributed by atoms with Gasteiger partial charge in [-0.2, -0.15) is 0 Å². The first-order chi connectivity index (χ1) is 18.2. The lowest BCUT2D eigenvalue weighted by molar-refractivity contribution is -0.134. The number of hydrogen-bond acceptors (Lipinski definition) is 6. The molecule has 0 bridgehead atoms. The van der Waals surface area contributed by atoms with E-state index in [1.807, 2.05) is 12.1 Å². The maximum absolute atomic E-state index is 12.1. The largest absolute Gasteiger partial charge is 0.490 e. The molecule has 206 valence electrons. The maximum atomic E-state index is 12.1. The van der Waals surface area contributed by atoms with Gasteiger partial charge in [-0.05, 0) is 49.9 Å². The summed E-state index contributed by atoms with van der Waals surface area (Å²) in [5.74, 6) is 1.66. The van der Waals surface area contributed by atoms with E-state index in [0.29, 0.717) is 30.4 Å². The molecule has 6 nitrogen and oxygen atoms in total. The van der Waals surface area contributed by atoms with Crippen molar-refractivity contribution in [1.29, 1.82) is 0 Å². The summed E-state index contributed by atoms with van der Waals surface area (Å²) in [5, 5.41) is 0. The zero-order valence-electron chi connectivity index (χ0n) is 23.2. The number of ether oxygens (including phenoxy) is 3. The average Bonchev–Trinajstić information content (AvgIpc) is 2.92. The second kappa shape index (κ2) is 20.6. The summed E-state index contributed by atoms with van der Waals surface area (Å²) in [6.45, 7) is 6.72. The molecule has 0 radical (unpaired) electrons. The Bertz CT molecular complexity index is 824. The van der Waals surface area contributed by atoms with Gasteiger partial charge in [0.25, 0.3) is 0 Å². The molecule has 0 atom stereocenters. The predicted molar refractivity (Wildman–Crippen MR) is 150 cm³/mol. The molecule has 0 saturated heterocycles. The summed E-state index contributed by atoms with van der Waals surface area (Å²) >= 11 is 0. The Morgan fingerprint density at radius 1 is 0.649 bits per heavy atom. The topological polar surface area (TPSA) is 70.5 Å². The highest BCUT2D eigenvalue weighted by atomic mass is 16.5. The van der Waals surface area contributed by atoms with Crippen molar-refractivity contribution >= 4 is 5.97 Å². The normalized spacial score (nSPS) is 11.0. The third-order valence-corrected chi connectivity index (χ3v) is 6.30. The van der Waals surface area contributed by atoms with Gasteiger partial charge in [0.15, 0.2) is 11.6 Å². The zero-order valence-corrected chi connectivity index (χ0v) is 23.2. The molecule has 0 N–H and O–H groups in total. The maximum Gasteiger partial charge on any atom is 0.311 e. The molecule has 2 rings (SSSR count). The van der Waals surface area contributed by atoms with E-state index < -0.39 is 0 Å². The minimum atomic E-state index is -0.171. The highest BCUT2D eigenvalue weighted by molar-refractivity contribution is 5.72. The third-order valence-electron chi connectivity index (χ3n) is 6.30. The van der Waals surface area contributed by atoms with Crippen LogP contribution in [0.5, 0.6) is 11.5 Å². The highest BCUT2D eigenvalue weighted by Gasteiger charge is 2.07. The van der Waals surface area contributed by atoms with Gasteiger partial charge in [-0.15, -0.1) is 0 Å². The second-order valence-corrected chi connectivity index (χ2v) is 9.69. The third kappa shape index (κ3) is 14.8. The van der Waals surface area contributed by atoms with Crippen LogP contribution in [0.4, 0.5) is 0 Å². The number of carbonyl (C=O) groups excluding carboxylic acids is 1. The van der Waals surface area contributed by atoms with Crippen LogP contribution in [0.3, 0.4) is 0 Å². The minimum absolute atomic E-state index is 0.171. The van der Waals surface area contributed by atoms with Crippen LogP contribution in [0.25, 0.3) is 11.4 Å². The van der Waals surface area contributed by atoms with Crippen LogP contribution >= 0.6 is 0 Å². The standard InChI is InChI=1S/C31H48N2O4/c1-3-5-7-9-10-11-12-13-17-30(34)37-28-20-18-27(19-21-28)31-32-25-29(26-33-31)36-24-16-15-23-35-22-14-8-6-4-2/h18-21,25-26H,3-17,22-24H2,1-2H3. The summed E-state index contributed by atoms with van der Waals surface area (Å²) in [6.07, 6.45) is 20.4.